The van der Waals surface area contributed by atoms with Crippen LogP contribution in [0.15, 0.2) is 41.5 Å². The number of nitrogens with zero attached hydrogens (tertiary/aromatic N) is 3. The normalized spacial score (nSPS) is 11.2. The molecule has 6 nitrogen and oxygen atoms in total. The van der Waals surface area contributed by atoms with E-state index in [4.69, 9.17) is 11.6 Å². The number of fused-ring (bicyclic) bond motifs is 1. The molecule has 3 N–H and O–H groups in total. The number of hydrogen-bond acceptors (Lipinski definition) is 6. The van der Waals surface area contributed by atoms with Gasteiger partial charge in [-0.05, 0) is 19.1 Å². The Labute approximate surface area is 137 Å². The van der Waals surface area contributed by atoms with Crippen molar-refractivity contribution in [2.24, 2.45) is 5.10 Å². The second kappa shape index (κ2) is 6.10. The standard InChI is InChI=1S/C16H13ClN4O2/c1-9-13(22)7-6-10(14(9)23)8-18-20-16-12-5-3-2-4-11(12)15(17)19-21-16/h2-8,22-23H,1H3,(H,20,21)/b18-8-. The lowest BCUT2D eigenvalue weighted by atomic mass is 10.1. The van der Waals surface area contributed by atoms with Crippen molar-refractivity contribution in [1.29, 1.82) is 0 Å². The summed E-state index contributed by atoms with van der Waals surface area (Å²) in [4.78, 5) is 0. The molecule has 0 spiro atoms. The van der Waals surface area contributed by atoms with Crippen molar-refractivity contribution >= 4 is 34.4 Å². The number of hydrazone groups is 1. The zero-order valence-corrected chi connectivity index (χ0v) is 12.9. The molecule has 23 heavy (non-hydrogen) atoms. The summed E-state index contributed by atoms with van der Waals surface area (Å²) < 4.78 is 0. The number of nitrogens with one attached hydrogen (secondary N) is 1. The molecule has 0 aliphatic heterocycles. The first-order valence-corrected chi connectivity index (χ1v) is 7.17. The van der Waals surface area contributed by atoms with E-state index in [0.717, 1.165) is 10.8 Å². The third-order valence-corrected chi connectivity index (χ3v) is 3.73. The first-order valence-electron chi connectivity index (χ1n) is 6.79. The first-order chi connectivity index (χ1) is 11.1. The van der Waals surface area contributed by atoms with E-state index < -0.39 is 0 Å². The summed E-state index contributed by atoms with van der Waals surface area (Å²) in [6.07, 6.45) is 1.44. The van der Waals surface area contributed by atoms with Crippen LogP contribution < -0.4 is 5.43 Å². The highest BCUT2D eigenvalue weighted by molar-refractivity contribution is 6.34. The molecule has 0 atom stereocenters. The monoisotopic (exact) mass is 328 g/mol. The predicted octanol–water partition coefficient (Wildman–Crippen LogP) is 3.45. The smallest absolute Gasteiger partial charge is 0.176 e. The minimum absolute atomic E-state index is 0.0254. The van der Waals surface area contributed by atoms with E-state index in [1.54, 1.807) is 13.0 Å². The van der Waals surface area contributed by atoms with Gasteiger partial charge in [0.25, 0.3) is 0 Å². The van der Waals surface area contributed by atoms with Crippen LogP contribution in [-0.2, 0) is 0 Å². The number of phenolic OH excluding ortho intramolecular Hbond substituents is 2. The van der Waals surface area contributed by atoms with Gasteiger partial charge in [-0.3, -0.25) is 5.43 Å². The number of aromatic nitrogens is 2. The van der Waals surface area contributed by atoms with Gasteiger partial charge in [0.2, 0.25) is 0 Å². The molecule has 0 fully saturated rings. The van der Waals surface area contributed by atoms with E-state index >= 15 is 0 Å². The highest BCUT2D eigenvalue weighted by atomic mass is 35.5. The molecule has 7 heteroatoms. The molecule has 0 bridgehead atoms. The Morgan fingerprint density at radius 3 is 2.61 bits per heavy atom. The van der Waals surface area contributed by atoms with E-state index in [9.17, 15) is 10.2 Å². The zero-order valence-electron chi connectivity index (χ0n) is 12.2. The first kappa shape index (κ1) is 15.1. The van der Waals surface area contributed by atoms with Crippen LogP contribution in [0.3, 0.4) is 0 Å². The Balaban J connectivity index is 1.90. The van der Waals surface area contributed by atoms with Crippen molar-refractivity contribution in [2.45, 2.75) is 6.92 Å². The number of halogens is 1. The molecule has 3 aromatic rings. The van der Waals surface area contributed by atoms with Gasteiger partial charge in [0.15, 0.2) is 11.0 Å². The summed E-state index contributed by atoms with van der Waals surface area (Å²) in [5.74, 6) is 0.459. The molecule has 0 aliphatic carbocycles. The van der Waals surface area contributed by atoms with Crippen molar-refractivity contribution < 1.29 is 10.2 Å². The van der Waals surface area contributed by atoms with Crippen molar-refractivity contribution in [3.8, 4) is 11.5 Å². The van der Waals surface area contributed by atoms with Crippen LogP contribution in [0.4, 0.5) is 5.82 Å². The summed E-state index contributed by atoms with van der Waals surface area (Å²) in [5, 5.41) is 33.3. The van der Waals surface area contributed by atoms with Crippen LogP contribution in [0.1, 0.15) is 11.1 Å². The molecule has 1 heterocycles. The SMILES string of the molecule is Cc1c(O)ccc(/C=N\Nc2nnc(Cl)c3ccccc23)c1O. The molecule has 0 amide bonds. The fourth-order valence-electron chi connectivity index (χ4n) is 2.13. The number of hydrogen-bond donors (Lipinski definition) is 3. The van der Waals surface area contributed by atoms with Crippen molar-refractivity contribution in [3.63, 3.8) is 0 Å². The molecule has 0 radical (unpaired) electrons. The summed E-state index contributed by atoms with van der Waals surface area (Å²) in [5.41, 5.74) is 3.65. The fourth-order valence-corrected chi connectivity index (χ4v) is 2.33. The Hall–Kier alpha value is -2.86. The minimum Gasteiger partial charge on any atom is -0.508 e. The van der Waals surface area contributed by atoms with Crippen LogP contribution >= 0.6 is 11.6 Å². The van der Waals surface area contributed by atoms with Gasteiger partial charge in [0.1, 0.15) is 11.5 Å². The van der Waals surface area contributed by atoms with E-state index in [1.165, 1.54) is 12.3 Å². The van der Waals surface area contributed by atoms with Gasteiger partial charge in [-0.2, -0.15) is 5.10 Å². The molecule has 0 unspecified atom stereocenters. The van der Waals surface area contributed by atoms with Gasteiger partial charge in [-0.15, -0.1) is 10.2 Å². The minimum atomic E-state index is -0.0254. The second-order valence-corrected chi connectivity index (χ2v) is 5.26. The van der Waals surface area contributed by atoms with Crippen molar-refractivity contribution in [2.75, 3.05) is 5.43 Å². The van der Waals surface area contributed by atoms with Gasteiger partial charge < -0.3 is 10.2 Å². The van der Waals surface area contributed by atoms with Crippen molar-refractivity contribution in [1.82, 2.24) is 10.2 Å². The van der Waals surface area contributed by atoms with E-state index in [0.29, 0.717) is 22.1 Å². The molecular formula is C16H13ClN4O2. The quantitative estimate of drug-likeness (QED) is 0.506. The molecule has 1 aromatic heterocycles. The molecule has 0 aliphatic rings. The number of rotatable bonds is 3. The maximum absolute atomic E-state index is 9.96. The average Bonchev–Trinajstić information content (AvgIpc) is 2.57. The Morgan fingerprint density at radius 1 is 1.09 bits per heavy atom. The largest absolute Gasteiger partial charge is 0.508 e. The van der Waals surface area contributed by atoms with Crippen LogP contribution in [-0.4, -0.2) is 26.6 Å². The lowest BCUT2D eigenvalue weighted by Crippen LogP contribution is -1.97. The Kier molecular flexibility index (Phi) is 3.99. The maximum Gasteiger partial charge on any atom is 0.176 e. The van der Waals surface area contributed by atoms with Gasteiger partial charge >= 0.3 is 0 Å². The molecule has 0 saturated carbocycles. The summed E-state index contributed by atoms with van der Waals surface area (Å²) in [6, 6.07) is 10.5. The lowest BCUT2D eigenvalue weighted by Gasteiger charge is -2.06. The van der Waals surface area contributed by atoms with Gasteiger partial charge in [-0.1, -0.05) is 35.9 Å². The van der Waals surface area contributed by atoms with E-state index in [-0.39, 0.29) is 11.5 Å². The third-order valence-electron chi connectivity index (χ3n) is 3.45. The maximum atomic E-state index is 9.96. The average molecular weight is 329 g/mol. The molecule has 0 saturated heterocycles. The molecule has 2 aromatic carbocycles. The fraction of sp³-hybridized carbons (Fsp3) is 0.0625. The van der Waals surface area contributed by atoms with Gasteiger partial charge in [0, 0.05) is 21.9 Å². The van der Waals surface area contributed by atoms with Gasteiger partial charge in [-0.25, -0.2) is 0 Å². The summed E-state index contributed by atoms with van der Waals surface area (Å²) >= 11 is 6.02. The Bertz CT molecular complexity index is 912. The summed E-state index contributed by atoms with van der Waals surface area (Å²) in [7, 11) is 0. The topological polar surface area (TPSA) is 90.6 Å². The summed E-state index contributed by atoms with van der Waals surface area (Å²) in [6.45, 7) is 1.62. The van der Waals surface area contributed by atoms with Crippen LogP contribution in [0.2, 0.25) is 5.15 Å². The lowest BCUT2D eigenvalue weighted by molar-refractivity contribution is 0.443. The van der Waals surface area contributed by atoms with E-state index in [1.807, 2.05) is 24.3 Å². The number of aromatic hydroxyl groups is 2. The molecule has 116 valence electrons. The number of phenols is 2. The molecule has 3 rings (SSSR count). The second-order valence-electron chi connectivity index (χ2n) is 4.90. The van der Waals surface area contributed by atoms with Gasteiger partial charge in [0.05, 0.1) is 6.21 Å². The van der Waals surface area contributed by atoms with Crippen LogP contribution in [0, 0.1) is 6.92 Å². The zero-order chi connectivity index (χ0) is 16.4. The van der Waals surface area contributed by atoms with Crippen LogP contribution in [0.5, 0.6) is 11.5 Å². The number of benzene rings is 2. The Morgan fingerprint density at radius 2 is 1.83 bits per heavy atom. The van der Waals surface area contributed by atoms with Crippen molar-refractivity contribution in [3.05, 3.63) is 52.7 Å². The van der Waals surface area contributed by atoms with E-state index in [2.05, 4.69) is 20.7 Å². The number of anilines is 1. The molecular weight excluding hydrogens is 316 g/mol. The predicted molar refractivity (Wildman–Crippen MR) is 90.3 cm³/mol. The highest BCUT2D eigenvalue weighted by Gasteiger charge is 2.08. The third kappa shape index (κ3) is 2.89. The van der Waals surface area contributed by atoms with Crippen LogP contribution in [0.25, 0.3) is 10.8 Å². The highest BCUT2D eigenvalue weighted by Crippen LogP contribution is 2.28.